The number of rotatable bonds is 5. The molecule has 0 bridgehead atoms. The van der Waals surface area contributed by atoms with E-state index in [1.165, 1.54) is 10.8 Å². The van der Waals surface area contributed by atoms with Gasteiger partial charge in [-0.2, -0.15) is 0 Å². The maximum Gasteiger partial charge on any atom is 0.154 e. The standard InChI is InChI=1S/C23H19N5/c1-2-6-18-15-19(9-8-17(18)5-1)21-16-26-23-11-10-22(27-28(21)23)25-14-12-20-7-3-4-13-24-20/h1-11,13,15-16H,12,14H2,(H,25,27). The van der Waals surface area contributed by atoms with E-state index >= 15 is 0 Å². The lowest BCUT2D eigenvalue weighted by Gasteiger charge is -2.07. The van der Waals surface area contributed by atoms with Crippen molar-refractivity contribution in [3.05, 3.63) is 90.9 Å². The van der Waals surface area contributed by atoms with Gasteiger partial charge in [0, 0.05) is 30.4 Å². The molecule has 0 aliphatic carbocycles. The van der Waals surface area contributed by atoms with E-state index in [9.17, 15) is 0 Å². The first kappa shape index (κ1) is 16.4. The Morgan fingerprint density at radius 2 is 1.71 bits per heavy atom. The smallest absolute Gasteiger partial charge is 0.154 e. The summed E-state index contributed by atoms with van der Waals surface area (Å²) in [7, 11) is 0. The lowest BCUT2D eigenvalue weighted by molar-refractivity contribution is 0.908. The van der Waals surface area contributed by atoms with Crippen LogP contribution >= 0.6 is 0 Å². The van der Waals surface area contributed by atoms with Gasteiger partial charge in [0.05, 0.1) is 11.9 Å². The molecule has 0 radical (unpaired) electrons. The lowest BCUT2D eigenvalue weighted by Crippen LogP contribution is -2.09. The largest absolute Gasteiger partial charge is 0.368 e. The number of nitrogens with zero attached hydrogens (tertiary/aromatic N) is 4. The summed E-state index contributed by atoms with van der Waals surface area (Å²) >= 11 is 0. The fourth-order valence-electron chi connectivity index (χ4n) is 3.38. The summed E-state index contributed by atoms with van der Waals surface area (Å²) in [6.45, 7) is 0.773. The third-order valence-electron chi connectivity index (χ3n) is 4.82. The first-order valence-corrected chi connectivity index (χ1v) is 9.34. The molecule has 5 nitrogen and oxygen atoms in total. The number of hydrogen-bond donors (Lipinski definition) is 1. The number of imidazole rings is 1. The van der Waals surface area contributed by atoms with E-state index < -0.39 is 0 Å². The predicted octanol–water partition coefficient (Wildman–Crippen LogP) is 4.60. The van der Waals surface area contributed by atoms with Crippen LogP contribution in [0.1, 0.15) is 5.69 Å². The zero-order valence-electron chi connectivity index (χ0n) is 15.3. The molecule has 0 saturated carbocycles. The van der Waals surface area contributed by atoms with E-state index in [1.807, 2.05) is 47.2 Å². The van der Waals surface area contributed by atoms with Gasteiger partial charge in [0.1, 0.15) is 5.82 Å². The molecule has 2 aromatic carbocycles. The summed E-state index contributed by atoms with van der Waals surface area (Å²) in [5, 5.41) is 10.6. The van der Waals surface area contributed by atoms with Crippen molar-refractivity contribution >= 4 is 22.2 Å². The van der Waals surface area contributed by atoms with Crippen LogP contribution < -0.4 is 5.32 Å². The van der Waals surface area contributed by atoms with Gasteiger partial charge in [-0.15, -0.1) is 5.10 Å². The SMILES string of the molecule is c1ccc(CCNc2ccc3ncc(-c4ccc5ccccc5c4)n3n2)nc1. The van der Waals surface area contributed by atoms with E-state index in [2.05, 4.69) is 57.7 Å². The van der Waals surface area contributed by atoms with Gasteiger partial charge in [0.15, 0.2) is 5.65 Å². The maximum atomic E-state index is 4.75. The second kappa shape index (κ2) is 7.12. The molecule has 1 N–H and O–H groups in total. The highest BCUT2D eigenvalue weighted by Gasteiger charge is 2.09. The fourth-order valence-corrected chi connectivity index (χ4v) is 3.38. The highest BCUT2D eigenvalue weighted by atomic mass is 15.3. The van der Waals surface area contributed by atoms with Crippen LogP contribution in [0.25, 0.3) is 27.7 Å². The minimum atomic E-state index is 0.773. The molecule has 0 unspecified atom stereocenters. The third kappa shape index (κ3) is 3.18. The van der Waals surface area contributed by atoms with Crippen LogP contribution in [0, 0.1) is 0 Å². The van der Waals surface area contributed by atoms with Gasteiger partial charge >= 0.3 is 0 Å². The number of nitrogens with one attached hydrogen (secondary N) is 1. The molecule has 0 aliphatic rings. The monoisotopic (exact) mass is 365 g/mol. The summed E-state index contributed by atoms with van der Waals surface area (Å²) in [5.41, 5.74) is 3.98. The Morgan fingerprint density at radius 1 is 0.821 bits per heavy atom. The molecule has 0 amide bonds. The minimum Gasteiger partial charge on any atom is -0.368 e. The molecule has 3 aromatic heterocycles. The third-order valence-corrected chi connectivity index (χ3v) is 4.82. The van der Waals surface area contributed by atoms with E-state index in [1.54, 1.807) is 0 Å². The number of aromatic nitrogens is 4. The van der Waals surface area contributed by atoms with Crippen LogP contribution in [0.5, 0.6) is 0 Å². The zero-order chi connectivity index (χ0) is 18.8. The maximum absolute atomic E-state index is 4.75. The van der Waals surface area contributed by atoms with Gasteiger partial charge in [-0.3, -0.25) is 4.98 Å². The van der Waals surface area contributed by atoms with Crippen LogP contribution in [-0.4, -0.2) is 26.1 Å². The first-order valence-electron chi connectivity index (χ1n) is 9.34. The molecule has 3 heterocycles. The first-order chi connectivity index (χ1) is 13.9. The molecular formula is C23H19N5. The van der Waals surface area contributed by atoms with Gasteiger partial charge < -0.3 is 5.32 Å². The van der Waals surface area contributed by atoms with Crippen molar-refractivity contribution in [2.45, 2.75) is 6.42 Å². The van der Waals surface area contributed by atoms with Crippen LogP contribution in [0.2, 0.25) is 0 Å². The van der Waals surface area contributed by atoms with Crippen molar-refractivity contribution in [3.63, 3.8) is 0 Å². The molecule has 0 atom stereocenters. The van der Waals surface area contributed by atoms with Crippen molar-refractivity contribution in [3.8, 4) is 11.3 Å². The van der Waals surface area contributed by atoms with E-state index in [0.717, 1.165) is 41.4 Å². The highest BCUT2D eigenvalue weighted by Crippen LogP contribution is 2.25. The van der Waals surface area contributed by atoms with E-state index in [-0.39, 0.29) is 0 Å². The lowest BCUT2D eigenvalue weighted by atomic mass is 10.1. The second-order valence-electron chi connectivity index (χ2n) is 6.69. The summed E-state index contributed by atoms with van der Waals surface area (Å²) < 4.78 is 1.90. The van der Waals surface area contributed by atoms with Gasteiger partial charge in [-0.25, -0.2) is 9.50 Å². The van der Waals surface area contributed by atoms with Gasteiger partial charge in [-0.1, -0.05) is 42.5 Å². The van der Waals surface area contributed by atoms with Crippen LogP contribution in [0.4, 0.5) is 5.82 Å². The quantitative estimate of drug-likeness (QED) is 0.495. The van der Waals surface area contributed by atoms with Crippen molar-refractivity contribution in [2.24, 2.45) is 0 Å². The molecule has 5 aromatic rings. The number of fused-ring (bicyclic) bond motifs is 2. The van der Waals surface area contributed by atoms with E-state index in [4.69, 9.17) is 5.10 Å². The Labute approximate surface area is 162 Å². The Hall–Kier alpha value is -3.73. The molecule has 28 heavy (non-hydrogen) atoms. The molecule has 5 heteroatoms. The van der Waals surface area contributed by atoms with Gasteiger partial charge in [0.2, 0.25) is 0 Å². The molecular weight excluding hydrogens is 346 g/mol. The Kier molecular flexibility index (Phi) is 4.18. The van der Waals surface area contributed by atoms with Crippen LogP contribution in [0.15, 0.2) is 85.2 Å². The average Bonchev–Trinajstić information content (AvgIpc) is 3.17. The van der Waals surface area contributed by atoms with Crippen LogP contribution in [0.3, 0.4) is 0 Å². The number of anilines is 1. The molecule has 0 spiro atoms. The predicted molar refractivity (Wildman–Crippen MR) is 112 cm³/mol. The average molecular weight is 365 g/mol. The normalized spacial score (nSPS) is 11.1. The summed E-state index contributed by atoms with van der Waals surface area (Å²) in [6.07, 6.45) is 4.55. The summed E-state index contributed by atoms with van der Waals surface area (Å²) in [6, 6.07) is 24.7. The molecule has 0 fully saturated rings. The molecule has 5 rings (SSSR count). The number of benzene rings is 2. The van der Waals surface area contributed by atoms with Crippen molar-refractivity contribution < 1.29 is 0 Å². The van der Waals surface area contributed by atoms with Crippen molar-refractivity contribution in [1.82, 2.24) is 19.6 Å². The number of hydrogen-bond acceptors (Lipinski definition) is 4. The Balaban J connectivity index is 1.42. The highest BCUT2D eigenvalue weighted by molar-refractivity contribution is 5.87. The number of pyridine rings is 1. The molecule has 0 saturated heterocycles. The fraction of sp³-hybridized carbons (Fsp3) is 0.0870. The van der Waals surface area contributed by atoms with Gasteiger partial charge in [0.25, 0.3) is 0 Å². The van der Waals surface area contributed by atoms with Gasteiger partial charge in [-0.05, 0) is 41.1 Å². The van der Waals surface area contributed by atoms with Crippen molar-refractivity contribution in [2.75, 3.05) is 11.9 Å². The summed E-state index contributed by atoms with van der Waals surface area (Å²) in [5.74, 6) is 0.823. The zero-order valence-corrected chi connectivity index (χ0v) is 15.3. The van der Waals surface area contributed by atoms with E-state index in [0.29, 0.717) is 0 Å². The Bertz CT molecular complexity index is 1240. The second-order valence-corrected chi connectivity index (χ2v) is 6.69. The van der Waals surface area contributed by atoms with Crippen LogP contribution in [-0.2, 0) is 6.42 Å². The minimum absolute atomic E-state index is 0.773. The van der Waals surface area contributed by atoms with Crippen molar-refractivity contribution in [1.29, 1.82) is 0 Å². The Morgan fingerprint density at radius 3 is 2.61 bits per heavy atom. The molecule has 0 aliphatic heterocycles. The topological polar surface area (TPSA) is 55.1 Å². The molecule has 136 valence electrons. The summed E-state index contributed by atoms with van der Waals surface area (Å²) in [4.78, 5) is 8.86.